The molecule has 1 aromatic rings. The van der Waals surface area contributed by atoms with Gasteiger partial charge in [-0.3, -0.25) is 4.68 Å². The van der Waals surface area contributed by atoms with Crippen LogP contribution in [0.4, 0.5) is 5.69 Å². The van der Waals surface area contributed by atoms with Gasteiger partial charge in [0.1, 0.15) is 0 Å². The number of carbonyl (C=O) groups is 1. The van der Waals surface area contributed by atoms with Crippen LogP contribution in [-0.2, 0) is 16.6 Å². The third-order valence-corrected chi connectivity index (χ3v) is 1.67. The van der Waals surface area contributed by atoms with Gasteiger partial charge in [-0.2, -0.15) is 5.10 Å². The Morgan fingerprint density at radius 1 is 1.73 bits per heavy atom. The molecule has 15 heavy (non-hydrogen) atoms. The first-order valence-corrected chi connectivity index (χ1v) is 4.78. The number of ether oxygens (including phenoxy) is 1. The van der Waals surface area contributed by atoms with Crippen molar-refractivity contribution in [2.75, 3.05) is 18.5 Å². The highest BCUT2D eigenvalue weighted by Crippen LogP contribution is 2.01. The molecule has 0 aromatic carbocycles. The number of aromatic nitrogens is 2. The van der Waals surface area contributed by atoms with Crippen LogP contribution in [0.1, 0.15) is 6.92 Å². The van der Waals surface area contributed by atoms with Crippen molar-refractivity contribution in [2.24, 2.45) is 7.05 Å². The lowest BCUT2D eigenvalue weighted by Crippen LogP contribution is -2.02. The maximum atomic E-state index is 10.9. The molecular weight excluding hydrogens is 194 g/mol. The van der Waals surface area contributed by atoms with Crippen LogP contribution in [0.2, 0.25) is 0 Å². The highest BCUT2D eigenvalue weighted by molar-refractivity contribution is 5.81. The zero-order valence-corrected chi connectivity index (χ0v) is 8.93. The number of rotatable bonds is 5. The van der Waals surface area contributed by atoms with Gasteiger partial charge in [-0.1, -0.05) is 6.08 Å². The summed E-state index contributed by atoms with van der Waals surface area (Å²) in [4.78, 5) is 10.9. The molecule has 5 heteroatoms. The van der Waals surface area contributed by atoms with Crippen LogP contribution in [0, 0.1) is 0 Å². The average Bonchev–Trinajstić information content (AvgIpc) is 2.60. The van der Waals surface area contributed by atoms with Crippen molar-refractivity contribution in [3.63, 3.8) is 0 Å². The summed E-state index contributed by atoms with van der Waals surface area (Å²) < 4.78 is 6.43. The molecule has 0 atom stereocenters. The van der Waals surface area contributed by atoms with Crippen molar-refractivity contribution in [1.82, 2.24) is 9.78 Å². The van der Waals surface area contributed by atoms with Gasteiger partial charge < -0.3 is 10.1 Å². The van der Waals surface area contributed by atoms with Gasteiger partial charge in [0.25, 0.3) is 0 Å². The minimum absolute atomic E-state index is 0.314. The first kappa shape index (κ1) is 11.3. The van der Waals surface area contributed by atoms with Crippen LogP contribution >= 0.6 is 0 Å². The van der Waals surface area contributed by atoms with Crippen LogP contribution in [0.5, 0.6) is 0 Å². The molecule has 0 amide bonds. The zero-order chi connectivity index (χ0) is 11.1. The molecule has 0 saturated carbocycles. The number of nitrogens with one attached hydrogen (secondary N) is 1. The van der Waals surface area contributed by atoms with Crippen molar-refractivity contribution in [1.29, 1.82) is 0 Å². The van der Waals surface area contributed by atoms with Crippen LogP contribution < -0.4 is 5.32 Å². The molecule has 0 fully saturated rings. The van der Waals surface area contributed by atoms with Crippen molar-refractivity contribution >= 4 is 11.7 Å². The van der Waals surface area contributed by atoms with E-state index in [1.54, 1.807) is 23.9 Å². The Morgan fingerprint density at radius 2 is 2.53 bits per heavy atom. The van der Waals surface area contributed by atoms with Gasteiger partial charge in [-0.15, -0.1) is 0 Å². The lowest BCUT2D eigenvalue weighted by Gasteiger charge is -1.97. The first-order chi connectivity index (χ1) is 7.22. The van der Waals surface area contributed by atoms with Gasteiger partial charge >= 0.3 is 5.97 Å². The standard InChI is InChI=1S/C10H15N3O2/c1-3-15-10(14)5-4-6-11-9-7-12-13(2)8-9/h4-5,7-8,11H,3,6H2,1-2H3/b5-4+. The van der Waals surface area contributed by atoms with Crippen LogP contribution in [0.25, 0.3) is 0 Å². The average molecular weight is 209 g/mol. The van der Waals surface area contributed by atoms with Crippen molar-refractivity contribution in [3.05, 3.63) is 24.5 Å². The highest BCUT2D eigenvalue weighted by Gasteiger charge is 1.94. The summed E-state index contributed by atoms with van der Waals surface area (Å²) in [6, 6.07) is 0. The predicted octanol–water partition coefficient (Wildman–Crippen LogP) is 0.951. The number of anilines is 1. The van der Waals surface area contributed by atoms with Crippen LogP contribution in [-0.4, -0.2) is 28.9 Å². The Hall–Kier alpha value is -1.78. The Morgan fingerprint density at radius 3 is 3.13 bits per heavy atom. The van der Waals surface area contributed by atoms with E-state index < -0.39 is 0 Å². The Labute approximate surface area is 88.7 Å². The first-order valence-electron chi connectivity index (χ1n) is 4.78. The molecule has 1 rings (SSSR count). The molecule has 0 radical (unpaired) electrons. The van der Waals surface area contributed by atoms with Crippen molar-refractivity contribution < 1.29 is 9.53 Å². The summed E-state index contributed by atoms with van der Waals surface area (Å²) in [6.07, 6.45) is 6.70. The molecule has 0 spiro atoms. The molecule has 0 aliphatic rings. The molecule has 0 unspecified atom stereocenters. The molecule has 0 aliphatic heterocycles. The monoisotopic (exact) mass is 209 g/mol. The third kappa shape index (κ3) is 4.30. The number of carbonyl (C=O) groups excluding carboxylic acids is 1. The lowest BCUT2D eigenvalue weighted by molar-refractivity contribution is -0.137. The predicted molar refractivity (Wildman–Crippen MR) is 57.5 cm³/mol. The highest BCUT2D eigenvalue weighted by atomic mass is 16.5. The number of aryl methyl sites for hydroxylation is 1. The molecule has 0 bridgehead atoms. The van der Waals surface area contributed by atoms with E-state index in [0.717, 1.165) is 5.69 Å². The number of hydrogen-bond acceptors (Lipinski definition) is 4. The minimum atomic E-state index is -0.314. The number of esters is 1. The third-order valence-electron chi connectivity index (χ3n) is 1.67. The van der Waals surface area contributed by atoms with Gasteiger partial charge in [0.2, 0.25) is 0 Å². The smallest absolute Gasteiger partial charge is 0.330 e. The van der Waals surface area contributed by atoms with Gasteiger partial charge in [-0.05, 0) is 6.92 Å². The maximum absolute atomic E-state index is 10.9. The van der Waals surface area contributed by atoms with Gasteiger partial charge in [0.15, 0.2) is 0 Å². The fourth-order valence-corrected chi connectivity index (χ4v) is 1.03. The van der Waals surface area contributed by atoms with E-state index in [4.69, 9.17) is 4.74 Å². The summed E-state index contributed by atoms with van der Waals surface area (Å²) >= 11 is 0. The second-order valence-corrected chi connectivity index (χ2v) is 2.94. The summed E-state index contributed by atoms with van der Waals surface area (Å²) in [6.45, 7) is 2.75. The Balaban J connectivity index is 2.24. The van der Waals surface area contributed by atoms with Gasteiger partial charge in [0, 0.05) is 25.9 Å². The van der Waals surface area contributed by atoms with Crippen molar-refractivity contribution in [2.45, 2.75) is 6.92 Å². The summed E-state index contributed by atoms with van der Waals surface area (Å²) in [7, 11) is 1.85. The fourth-order valence-electron chi connectivity index (χ4n) is 1.03. The number of nitrogens with zero attached hydrogens (tertiary/aromatic N) is 2. The van der Waals surface area contributed by atoms with E-state index in [-0.39, 0.29) is 5.97 Å². The van der Waals surface area contributed by atoms with Gasteiger partial charge in [-0.25, -0.2) is 4.79 Å². The molecule has 5 nitrogen and oxygen atoms in total. The molecule has 0 aliphatic carbocycles. The SMILES string of the molecule is CCOC(=O)/C=C/CNc1cnn(C)c1. The van der Waals surface area contributed by atoms with E-state index >= 15 is 0 Å². The van der Waals surface area contributed by atoms with Crippen LogP contribution in [0.15, 0.2) is 24.5 Å². The van der Waals surface area contributed by atoms with E-state index in [2.05, 4.69) is 10.4 Å². The second kappa shape index (κ2) is 5.85. The summed E-state index contributed by atoms with van der Waals surface area (Å²) in [5.41, 5.74) is 0.922. The molecular formula is C10H15N3O2. The summed E-state index contributed by atoms with van der Waals surface area (Å²) in [5, 5.41) is 7.08. The minimum Gasteiger partial charge on any atom is -0.463 e. The van der Waals surface area contributed by atoms with Gasteiger partial charge in [0.05, 0.1) is 18.5 Å². The van der Waals surface area contributed by atoms with Crippen LogP contribution in [0.3, 0.4) is 0 Å². The maximum Gasteiger partial charge on any atom is 0.330 e. The molecule has 82 valence electrons. The normalized spacial score (nSPS) is 10.5. The van der Waals surface area contributed by atoms with E-state index in [1.807, 2.05) is 13.2 Å². The van der Waals surface area contributed by atoms with E-state index in [0.29, 0.717) is 13.2 Å². The molecule has 1 aromatic heterocycles. The molecule has 1 heterocycles. The molecule has 0 saturated heterocycles. The number of hydrogen-bond donors (Lipinski definition) is 1. The van der Waals surface area contributed by atoms with E-state index in [1.165, 1.54) is 6.08 Å². The van der Waals surface area contributed by atoms with Crippen molar-refractivity contribution in [3.8, 4) is 0 Å². The Bertz CT molecular complexity index is 344. The second-order valence-electron chi connectivity index (χ2n) is 2.94. The lowest BCUT2D eigenvalue weighted by atomic mass is 10.4. The quantitative estimate of drug-likeness (QED) is 0.579. The summed E-state index contributed by atoms with van der Waals surface area (Å²) in [5.74, 6) is -0.314. The van der Waals surface area contributed by atoms with E-state index in [9.17, 15) is 4.79 Å². The largest absolute Gasteiger partial charge is 0.463 e. The topological polar surface area (TPSA) is 56.1 Å². The Kier molecular flexibility index (Phi) is 4.40. The zero-order valence-electron chi connectivity index (χ0n) is 8.93. The molecule has 1 N–H and O–H groups in total. The fraction of sp³-hybridized carbons (Fsp3) is 0.400.